The van der Waals surface area contributed by atoms with Gasteiger partial charge in [0.1, 0.15) is 11.4 Å². The third-order valence-electron chi connectivity index (χ3n) is 5.46. The van der Waals surface area contributed by atoms with Crippen molar-refractivity contribution in [2.45, 2.75) is 45.1 Å². The van der Waals surface area contributed by atoms with E-state index in [1.165, 1.54) is 0 Å². The summed E-state index contributed by atoms with van der Waals surface area (Å²) in [5.74, 6) is -1.78. The fourth-order valence-electron chi connectivity index (χ4n) is 3.51. The minimum atomic E-state index is -5.13. The molecule has 9 nitrogen and oxygen atoms in total. The van der Waals surface area contributed by atoms with Crippen LogP contribution in [-0.4, -0.2) is 54.7 Å². The number of alkyl halides is 3. The summed E-state index contributed by atoms with van der Waals surface area (Å²) in [5, 5.41) is 16.1. The van der Waals surface area contributed by atoms with Crippen LogP contribution in [0.4, 0.5) is 13.2 Å². The summed E-state index contributed by atoms with van der Waals surface area (Å²) in [6, 6.07) is 3.76. The number of fused-ring (bicyclic) bond motifs is 2. The maximum absolute atomic E-state index is 13.1. The van der Waals surface area contributed by atoms with Crippen LogP contribution in [0.25, 0.3) is 5.65 Å². The number of rotatable bonds is 4. The normalized spacial score (nSPS) is 16.0. The lowest BCUT2D eigenvalue weighted by molar-refractivity contribution is -0.250. The Balaban J connectivity index is 1.50. The minimum Gasteiger partial charge on any atom is -0.373 e. The van der Waals surface area contributed by atoms with Gasteiger partial charge in [0.25, 0.3) is 11.8 Å². The van der Waals surface area contributed by atoms with Crippen LogP contribution < -0.4 is 5.32 Å². The number of aliphatic hydroxyl groups is 1. The molecule has 0 saturated carbocycles. The molecule has 170 valence electrons. The third kappa shape index (κ3) is 3.70. The van der Waals surface area contributed by atoms with Crippen molar-refractivity contribution < 1.29 is 32.4 Å². The van der Waals surface area contributed by atoms with Gasteiger partial charge in [-0.15, -0.1) is 0 Å². The second kappa shape index (κ2) is 7.62. The van der Waals surface area contributed by atoms with Crippen molar-refractivity contribution in [2.75, 3.05) is 6.54 Å². The number of imidazole rings is 1. The second-order valence-corrected chi connectivity index (χ2v) is 7.85. The lowest BCUT2D eigenvalue weighted by Gasteiger charge is -2.33. The van der Waals surface area contributed by atoms with Gasteiger partial charge in [-0.25, -0.2) is 4.98 Å². The van der Waals surface area contributed by atoms with Crippen LogP contribution in [0.2, 0.25) is 0 Å². The number of nitrogens with zero attached hydrogens (tertiary/aromatic N) is 4. The molecule has 0 aliphatic carbocycles. The molecule has 2 N–H and O–H groups in total. The Bertz CT molecular complexity index is 1200. The second-order valence-electron chi connectivity index (χ2n) is 7.85. The molecular weight excluding hydrogens is 431 g/mol. The molecular formula is C20H20F3N5O4. The first-order chi connectivity index (χ1) is 15.0. The Morgan fingerprint density at radius 2 is 2.06 bits per heavy atom. The number of nitrogens with one attached hydrogen (secondary N) is 1. The van der Waals surface area contributed by atoms with Crippen molar-refractivity contribution in [3.63, 3.8) is 0 Å². The summed E-state index contributed by atoms with van der Waals surface area (Å²) >= 11 is 0. The van der Waals surface area contributed by atoms with Crippen molar-refractivity contribution in [3.05, 3.63) is 52.8 Å². The summed E-state index contributed by atoms with van der Waals surface area (Å²) in [5.41, 5.74) is -1.00. The molecule has 0 spiro atoms. The third-order valence-corrected chi connectivity index (χ3v) is 5.46. The summed E-state index contributed by atoms with van der Waals surface area (Å²) < 4.78 is 46.1. The molecule has 32 heavy (non-hydrogen) atoms. The predicted molar refractivity (Wildman–Crippen MR) is 103 cm³/mol. The number of aryl methyl sites for hydroxylation is 1. The van der Waals surface area contributed by atoms with E-state index in [0.29, 0.717) is 24.0 Å². The number of amides is 2. The predicted octanol–water partition coefficient (Wildman–Crippen LogP) is 1.76. The van der Waals surface area contributed by atoms with Crippen molar-refractivity contribution in [3.8, 4) is 0 Å². The maximum atomic E-state index is 13.1. The van der Waals surface area contributed by atoms with Crippen molar-refractivity contribution in [1.82, 2.24) is 24.8 Å². The highest BCUT2D eigenvalue weighted by Gasteiger charge is 2.57. The van der Waals surface area contributed by atoms with E-state index in [9.17, 15) is 27.9 Å². The number of carbonyl (C=O) groups is 2. The Kier molecular flexibility index (Phi) is 5.19. The van der Waals surface area contributed by atoms with Gasteiger partial charge >= 0.3 is 6.18 Å². The molecule has 0 aromatic carbocycles. The van der Waals surface area contributed by atoms with Gasteiger partial charge in [-0.1, -0.05) is 11.2 Å². The zero-order chi connectivity index (χ0) is 23.3. The Labute approximate surface area is 179 Å². The SMILES string of the molecule is Cc1ccc2ncc(CNC(=O)c3noc4c3CN(C(=O)C(C)(O)C(F)(F)F)CC4)n2c1. The fourth-order valence-corrected chi connectivity index (χ4v) is 3.51. The van der Waals surface area contributed by atoms with E-state index in [1.807, 2.05) is 29.7 Å². The van der Waals surface area contributed by atoms with Crippen LogP contribution >= 0.6 is 0 Å². The fraction of sp³-hybridized carbons (Fsp3) is 0.400. The monoisotopic (exact) mass is 451 g/mol. The van der Waals surface area contributed by atoms with Crippen LogP contribution in [0.15, 0.2) is 29.0 Å². The van der Waals surface area contributed by atoms with E-state index in [2.05, 4.69) is 15.5 Å². The molecule has 0 bridgehead atoms. The van der Waals surface area contributed by atoms with Crippen molar-refractivity contribution in [2.24, 2.45) is 0 Å². The number of halogens is 3. The van der Waals surface area contributed by atoms with E-state index in [-0.39, 0.29) is 37.3 Å². The lowest BCUT2D eigenvalue weighted by atomic mass is 10.00. The minimum absolute atomic E-state index is 0.0713. The van der Waals surface area contributed by atoms with Crippen LogP contribution in [0.3, 0.4) is 0 Å². The largest absolute Gasteiger partial charge is 0.426 e. The summed E-state index contributed by atoms with van der Waals surface area (Å²) in [7, 11) is 0. The van der Waals surface area contributed by atoms with E-state index < -0.39 is 23.6 Å². The molecule has 1 unspecified atom stereocenters. The highest BCUT2D eigenvalue weighted by atomic mass is 19.4. The zero-order valence-corrected chi connectivity index (χ0v) is 17.2. The molecule has 4 rings (SSSR count). The average molecular weight is 451 g/mol. The number of aromatic nitrogens is 3. The molecule has 12 heteroatoms. The van der Waals surface area contributed by atoms with Crippen LogP contribution in [-0.2, 0) is 24.3 Å². The highest BCUT2D eigenvalue weighted by Crippen LogP contribution is 2.33. The number of hydrogen-bond donors (Lipinski definition) is 2. The topological polar surface area (TPSA) is 113 Å². The van der Waals surface area contributed by atoms with Crippen LogP contribution in [0.5, 0.6) is 0 Å². The maximum Gasteiger partial charge on any atom is 0.426 e. The molecule has 0 saturated heterocycles. The Hall–Kier alpha value is -3.41. The molecule has 4 heterocycles. The number of carbonyl (C=O) groups excluding carboxylic acids is 2. The van der Waals surface area contributed by atoms with Crippen molar-refractivity contribution >= 4 is 17.5 Å². The Morgan fingerprint density at radius 1 is 1.31 bits per heavy atom. The van der Waals surface area contributed by atoms with Gasteiger partial charge in [0.05, 0.1) is 25.0 Å². The number of hydrogen-bond acceptors (Lipinski definition) is 6. The first-order valence-corrected chi connectivity index (χ1v) is 9.75. The zero-order valence-electron chi connectivity index (χ0n) is 17.2. The van der Waals surface area contributed by atoms with Crippen molar-refractivity contribution in [1.29, 1.82) is 0 Å². The molecule has 1 aliphatic rings. The van der Waals surface area contributed by atoms with Gasteiger partial charge in [0.2, 0.25) is 5.60 Å². The van der Waals surface area contributed by atoms with Gasteiger partial charge in [-0.05, 0) is 25.5 Å². The summed E-state index contributed by atoms with van der Waals surface area (Å²) in [4.78, 5) is 30.1. The van der Waals surface area contributed by atoms with Gasteiger partial charge in [-0.3, -0.25) is 9.59 Å². The molecule has 1 aliphatic heterocycles. The van der Waals surface area contributed by atoms with Gasteiger partial charge in [0.15, 0.2) is 5.69 Å². The smallest absolute Gasteiger partial charge is 0.373 e. The van der Waals surface area contributed by atoms with E-state index in [1.54, 1.807) is 6.20 Å². The lowest BCUT2D eigenvalue weighted by Crippen LogP contribution is -2.56. The summed E-state index contributed by atoms with van der Waals surface area (Å²) in [6.45, 7) is 2.02. The van der Waals surface area contributed by atoms with Crippen LogP contribution in [0, 0.1) is 6.92 Å². The molecule has 3 aromatic heterocycles. The first kappa shape index (κ1) is 21.8. The van der Waals surface area contributed by atoms with Gasteiger partial charge in [-0.2, -0.15) is 13.2 Å². The number of pyridine rings is 1. The molecule has 3 aromatic rings. The van der Waals surface area contributed by atoms with Gasteiger partial charge in [0, 0.05) is 24.7 Å². The highest BCUT2D eigenvalue weighted by molar-refractivity contribution is 5.94. The average Bonchev–Trinajstić information content (AvgIpc) is 3.33. The van der Waals surface area contributed by atoms with E-state index >= 15 is 0 Å². The Morgan fingerprint density at radius 3 is 2.78 bits per heavy atom. The standard InChI is InChI=1S/C20H20F3N5O4/c1-11-3-4-15-24-7-12(28(15)9-11)8-25-17(29)16-13-10-27(6-5-14(13)32-26-16)18(30)19(2,31)20(21,22)23/h3-4,7,9,31H,5-6,8,10H2,1-2H3,(H,25,29). The first-order valence-electron chi connectivity index (χ1n) is 9.75. The quantitative estimate of drug-likeness (QED) is 0.625. The molecule has 1 atom stereocenters. The van der Waals surface area contributed by atoms with E-state index in [0.717, 1.165) is 10.5 Å². The molecule has 0 radical (unpaired) electrons. The molecule has 0 fully saturated rings. The molecule has 2 amide bonds. The van der Waals surface area contributed by atoms with Gasteiger partial charge < -0.3 is 24.2 Å². The van der Waals surface area contributed by atoms with Crippen LogP contribution in [0.1, 0.15) is 40.0 Å². The summed E-state index contributed by atoms with van der Waals surface area (Å²) in [6.07, 6.45) is -1.57. The van der Waals surface area contributed by atoms with E-state index in [4.69, 9.17) is 4.52 Å².